The van der Waals surface area contributed by atoms with Crippen LogP contribution in [0.2, 0.25) is 10.0 Å². The summed E-state index contributed by atoms with van der Waals surface area (Å²) in [6.07, 6.45) is 0. The van der Waals surface area contributed by atoms with Crippen molar-refractivity contribution in [2.75, 3.05) is 28.4 Å². The molecule has 0 aliphatic rings. The molecule has 3 aromatic rings. The van der Waals surface area contributed by atoms with Gasteiger partial charge in [0.1, 0.15) is 5.75 Å². The van der Waals surface area contributed by atoms with Gasteiger partial charge in [0.15, 0.2) is 5.11 Å². The largest absolute Gasteiger partial charge is 0.495 e. The first-order valence-corrected chi connectivity index (χ1v) is 9.94. The molecule has 0 aliphatic heterocycles. The highest BCUT2D eigenvalue weighted by Crippen LogP contribution is 2.29. The topological polar surface area (TPSA) is 74.4 Å². The van der Waals surface area contributed by atoms with Crippen LogP contribution in [0.25, 0.3) is 0 Å². The molecule has 4 N–H and O–H groups in total. The summed E-state index contributed by atoms with van der Waals surface area (Å²) in [6, 6.07) is 19.0. The number of benzene rings is 3. The predicted octanol–water partition coefficient (Wildman–Crippen LogP) is 6.45. The lowest BCUT2D eigenvalue weighted by atomic mass is 10.2. The highest BCUT2D eigenvalue weighted by atomic mass is 35.5. The molecule has 6 nitrogen and oxygen atoms in total. The number of halogens is 2. The Labute approximate surface area is 189 Å². The van der Waals surface area contributed by atoms with Crippen LogP contribution in [0, 0.1) is 0 Å². The number of carbonyl (C=O) groups excluding carboxylic acids is 1. The first kappa shape index (κ1) is 21.7. The molecule has 0 aromatic heterocycles. The Bertz CT molecular complexity index is 1040. The summed E-state index contributed by atoms with van der Waals surface area (Å²) < 4.78 is 5.37. The number of ether oxygens (including phenoxy) is 1. The van der Waals surface area contributed by atoms with Crippen molar-refractivity contribution in [1.82, 2.24) is 0 Å². The lowest BCUT2D eigenvalue weighted by Gasteiger charge is -2.15. The number of amides is 2. The molecular weight excluding hydrogens is 443 g/mol. The van der Waals surface area contributed by atoms with Gasteiger partial charge in [-0.15, -0.1) is 0 Å². The average Bonchev–Trinajstić information content (AvgIpc) is 2.68. The molecule has 0 saturated heterocycles. The van der Waals surface area contributed by atoms with Crippen LogP contribution in [-0.2, 0) is 0 Å². The Balaban J connectivity index is 1.69. The number of carbonyl (C=O) groups is 1. The van der Waals surface area contributed by atoms with Crippen molar-refractivity contribution in [3.63, 3.8) is 0 Å². The van der Waals surface area contributed by atoms with Crippen molar-refractivity contribution >= 4 is 69.3 Å². The molecule has 0 radical (unpaired) electrons. The summed E-state index contributed by atoms with van der Waals surface area (Å²) in [5, 5.41) is 12.9. The zero-order chi connectivity index (χ0) is 21.5. The van der Waals surface area contributed by atoms with E-state index in [0.717, 1.165) is 0 Å². The van der Waals surface area contributed by atoms with E-state index < -0.39 is 0 Å². The van der Waals surface area contributed by atoms with Crippen LogP contribution in [0.4, 0.5) is 27.5 Å². The Kier molecular flexibility index (Phi) is 7.35. The maximum absolute atomic E-state index is 12.2. The third kappa shape index (κ3) is 6.25. The molecule has 3 aromatic carbocycles. The number of para-hydroxylation sites is 1. The number of nitrogens with one attached hydrogen (secondary N) is 4. The van der Waals surface area contributed by atoms with Crippen LogP contribution in [0.3, 0.4) is 0 Å². The predicted molar refractivity (Wildman–Crippen MR) is 128 cm³/mol. The van der Waals surface area contributed by atoms with E-state index in [1.54, 1.807) is 55.6 Å². The molecule has 0 fully saturated rings. The van der Waals surface area contributed by atoms with E-state index in [1.807, 2.05) is 18.2 Å². The fraction of sp³-hybridized carbons (Fsp3) is 0.0476. The third-order valence-electron chi connectivity index (χ3n) is 3.86. The van der Waals surface area contributed by atoms with Gasteiger partial charge in [0.25, 0.3) is 0 Å². The van der Waals surface area contributed by atoms with Gasteiger partial charge in [-0.05, 0) is 60.7 Å². The number of methoxy groups -OCH3 is 1. The smallest absolute Gasteiger partial charge is 0.323 e. The molecule has 0 aliphatic carbocycles. The number of urea groups is 1. The molecule has 30 heavy (non-hydrogen) atoms. The van der Waals surface area contributed by atoms with Crippen LogP contribution in [0.15, 0.2) is 66.7 Å². The molecular formula is C21H18Cl2N4O2S. The van der Waals surface area contributed by atoms with Crippen LogP contribution < -0.4 is 26.0 Å². The highest BCUT2D eigenvalue weighted by molar-refractivity contribution is 7.80. The van der Waals surface area contributed by atoms with E-state index in [0.29, 0.717) is 43.7 Å². The maximum atomic E-state index is 12.2. The van der Waals surface area contributed by atoms with Gasteiger partial charge >= 0.3 is 6.03 Å². The fourth-order valence-electron chi connectivity index (χ4n) is 2.61. The molecule has 0 spiro atoms. The SMILES string of the molecule is COc1ccc(NC(=O)Nc2ccccc2)cc1NC(=S)Nc1cc(Cl)cc(Cl)c1. The van der Waals surface area contributed by atoms with E-state index in [9.17, 15) is 4.79 Å². The summed E-state index contributed by atoms with van der Waals surface area (Å²) in [7, 11) is 1.54. The summed E-state index contributed by atoms with van der Waals surface area (Å²) >= 11 is 17.4. The van der Waals surface area contributed by atoms with Gasteiger partial charge in [0, 0.05) is 27.1 Å². The molecule has 0 heterocycles. The number of rotatable bonds is 5. The van der Waals surface area contributed by atoms with Gasteiger partial charge in [0.05, 0.1) is 12.8 Å². The number of anilines is 4. The summed E-state index contributed by atoms with van der Waals surface area (Å²) in [6.45, 7) is 0. The van der Waals surface area contributed by atoms with E-state index >= 15 is 0 Å². The average molecular weight is 461 g/mol. The lowest BCUT2D eigenvalue weighted by molar-refractivity contribution is 0.262. The second kappa shape index (κ2) is 10.2. The van der Waals surface area contributed by atoms with E-state index in [1.165, 1.54) is 0 Å². The second-order valence-electron chi connectivity index (χ2n) is 6.10. The summed E-state index contributed by atoms with van der Waals surface area (Å²) in [4.78, 5) is 12.2. The number of hydrogen-bond donors (Lipinski definition) is 4. The number of thiocarbonyl (C=S) groups is 1. The molecule has 0 atom stereocenters. The van der Waals surface area contributed by atoms with E-state index in [-0.39, 0.29) is 6.03 Å². The highest BCUT2D eigenvalue weighted by Gasteiger charge is 2.10. The molecule has 2 amide bonds. The first-order chi connectivity index (χ1) is 14.4. The molecule has 154 valence electrons. The molecule has 0 bridgehead atoms. The normalized spacial score (nSPS) is 10.1. The minimum absolute atomic E-state index is 0.303. The minimum Gasteiger partial charge on any atom is -0.495 e. The van der Waals surface area contributed by atoms with Crippen molar-refractivity contribution in [3.8, 4) is 5.75 Å². The van der Waals surface area contributed by atoms with Crippen LogP contribution in [-0.4, -0.2) is 18.3 Å². The van der Waals surface area contributed by atoms with Gasteiger partial charge in [-0.2, -0.15) is 0 Å². The molecule has 0 unspecified atom stereocenters. The zero-order valence-corrected chi connectivity index (χ0v) is 18.2. The standard InChI is InChI=1S/C21H18Cl2N4O2S/c1-29-19-8-7-16(25-20(28)24-15-5-3-2-4-6-15)12-18(19)27-21(30)26-17-10-13(22)9-14(23)11-17/h2-12H,1H3,(H2,24,25,28)(H2,26,27,30). The molecule has 3 rings (SSSR count). The Morgan fingerprint density at radius 3 is 2.13 bits per heavy atom. The number of hydrogen-bond acceptors (Lipinski definition) is 3. The van der Waals surface area contributed by atoms with Crippen molar-refractivity contribution in [2.24, 2.45) is 0 Å². The second-order valence-corrected chi connectivity index (χ2v) is 7.38. The van der Waals surface area contributed by atoms with E-state index in [2.05, 4.69) is 21.3 Å². The van der Waals surface area contributed by atoms with Gasteiger partial charge < -0.3 is 26.0 Å². The Morgan fingerprint density at radius 2 is 1.47 bits per heavy atom. The van der Waals surface area contributed by atoms with Gasteiger partial charge in [0.2, 0.25) is 0 Å². The van der Waals surface area contributed by atoms with Crippen LogP contribution in [0.5, 0.6) is 5.75 Å². The van der Waals surface area contributed by atoms with Crippen LogP contribution in [0.1, 0.15) is 0 Å². The summed E-state index contributed by atoms with van der Waals surface area (Å²) in [5.41, 5.74) is 2.45. The zero-order valence-electron chi connectivity index (χ0n) is 15.8. The monoisotopic (exact) mass is 460 g/mol. The van der Waals surface area contributed by atoms with Gasteiger partial charge in [-0.3, -0.25) is 0 Å². The maximum Gasteiger partial charge on any atom is 0.323 e. The third-order valence-corrected chi connectivity index (χ3v) is 4.50. The van der Waals surface area contributed by atoms with Crippen LogP contribution >= 0.6 is 35.4 Å². The quantitative estimate of drug-likeness (QED) is 0.329. The molecule has 9 heteroatoms. The first-order valence-electron chi connectivity index (χ1n) is 8.78. The van der Waals surface area contributed by atoms with Gasteiger partial charge in [-0.25, -0.2) is 4.79 Å². The lowest BCUT2D eigenvalue weighted by Crippen LogP contribution is -2.21. The van der Waals surface area contributed by atoms with Gasteiger partial charge in [-0.1, -0.05) is 41.4 Å². The summed E-state index contributed by atoms with van der Waals surface area (Å²) in [5.74, 6) is 0.553. The fourth-order valence-corrected chi connectivity index (χ4v) is 3.36. The van der Waals surface area contributed by atoms with Crippen molar-refractivity contribution < 1.29 is 9.53 Å². The Hall–Kier alpha value is -3.00. The van der Waals surface area contributed by atoms with Crippen molar-refractivity contribution in [3.05, 3.63) is 76.8 Å². The van der Waals surface area contributed by atoms with Crippen molar-refractivity contribution in [2.45, 2.75) is 0 Å². The minimum atomic E-state index is -0.369. The van der Waals surface area contributed by atoms with Crippen molar-refractivity contribution in [1.29, 1.82) is 0 Å². The Morgan fingerprint density at radius 1 is 0.800 bits per heavy atom. The molecule has 0 saturated carbocycles. The van der Waals surface area contributed by atoms with E-state index in [4.69, 9.17) is 40.2 Å².